The zero-order valence-corrected chi connectivity index (χ0v) is 7.40. The molecule has 0 fully saturated rings. The lowest BCUT2D eigenvalue weighted by Crippen LogP contribution is -2.37. The second kappa shape index (κ2) is 3.65. The molecule has 0 amide bonds. The number of aliphatic hydroxyl groups excluding tert-OH is 1. The molecule has 0 aliphatic heterocycles. The number of nitrogens with two attached hydrogens (primary N) is 1. The van der Waals surface area contributed by atoms with Crippen molar-refractivity contribution in [2.45, 2.75) is 25.7 Å². The fourth-order valence-electron chi connectivity index (χ4n) is 0.593. The van der Waals surface area contributed by atoms with Crippen molar-refractivity contribution in [3.8, 4) is 0 Å². The summed E-state index contributed by atoms with van der Waals surface area (Å²) in [7, 11) is -4.34. The van der Waals surface area contributed by atoms with Crippen LogP contribution < -0.4 is 5.73 Å². The highest BCUT2D eigenvalue weighted by atomic mass is 31.2. The minimum atomic E-state index is -4.34. The Morgan fingerprint density at radius 3 is 1.82 bits per heavy atom. The first-order chi connectivity index (χ1) is 4.76. The number of hydrogen-bond donors (Lipinski definition) is 4. The minimum Gasteiger partial charge on any atom is -0.391 e. The van der Waals surface area contributed by atoms with Crippen LogP contribution in [0.2, 0.25) is 0 Å². The van der Waals surface area contributed by atoms with E-state index in [2.05, 4.69) is 0 Å². The van der Waals surface area contributed by atoms with E-state index >= 15 is 0 Å². The van der Waals surface area contributed by atoms with Crippen molar-refractivity contribution in [3.63, 3.8) is 0 Å². The van der Waals surface area contributed by atoms with E-state index in [4.69, 9.17) is 20.6 Å². The summed E-state index contributed by atoms with van der Waals surface area (Å²) in [4.78, 5) is 17.1. The van der Waals surface area contributed by atoms with Crippen LogP contribution >= 0.6 is 7.60 Å². The summed E-state index contributed by atoms with van der Waals surface area (Å²) < 4.78 is 10.5. The smallest absolute Gasteiger partial charge is 0.344 e. The summed E-state index contributed by atoms with van der Waals surface area (Å²) in [6, 6.07) is 0. The van der Waals surface area contributed by atoms with E-state index in [0.717, 1.165) is 0 Å². The Bertz CT molecular complexity index is 166. The molecule has 0 aliphatic carbocycles. The van der Waals surface area contributed by atoms with Gasteiger partial charge in [-0.1, -0.05) is 13.8 Å². The molecule has 0 spiro atoms. The molecule has 2 unspecified atom stereocenters. The molecule has 0 rings (SSSR count). The summed E-state index contributed by atoms with van der Waals surface area (Å²) in [5.74, 6) is -1.72. The molecule has 6 heteroatoms. The second-order valence-corrected chi connectivity index (χ2v) is 4.59. The van der Waals surface area contributed by atoms with E-state index in [1.165, 1.54) is 0 Å². The summed E-state index contributed by atoms with van der Waals surface area (Å²) >= 11 is 0. The van der Waals surface area contributed by atoms with Crippen molar-refractivity contribution in [3.05, 3.63) is 0 Å². The Kier molecular flexibility index (Phi) is 3.67. The van der Waals surface area contributed by atoms with Crippen LogP contribution in [0.25, 0.3) is 0 Å². The van der Waals surface area contributed by atoms with E-state index in [-0.39, 0.29) is 5.92 Å². The maximum Gasteiger partial charge on any atom is 0.344 e. The third-order valence-electron chi connectivity index (χ3n) is 1.42. The lowest BCUT2D eigenvalue weighted by Gasteiger charge is -2.22. The van der Waals surface area contributed by atoms with Gasteiger partial charge in [0, 0.05) is 0 Å². The van der Waals surface area contributed by atoms with E-state index in [0.29, 0.717) is 0 Å². The standard InChI is InChI=1S/C5H14NO4P/c1-3(2)4(7)5(6)11(8,9)10/h3-5,7H,6H2,1-2H3,(H2,8,9,10). The van der Waals surface area contributed by atoms with Gasteiger partial charge in [0.1, 0.15) is 5.78 Å². The molecule has 5 nitrogen and oxygen atoms in total. The molecule has 0 aromatic rings. The summed E-state index contributed by atoms with van der Waals surface area (Å²) in [6.07, 6.45) is -1.16. The molecule has 0 aromatic heterocycles. The quantitative estimate of drug-likeness (QED) is 0.440. The minimum absolute atomic E-state index is 0.252. The van der Waals surface area contributed by atoms with Crippen LogP contribution in [-0.2, 0) is 4.57 Å². The average Bonchev–Trinajstić information content (AvgIpc) is 1.82. The monoisotopic (exact) mass is 183 g/mol. The van der Waals surface area contributed by atoms with Crippen LogP contribution in [0.1, 0.15) is 13.8 Å². The first-order valence-electron chi connectivity index (χ1n) is 3.25. The van der Waals surface area contributed by atoms with Gasteiger partial charge in [0.25, 0.3) is 0 Å². The molecule has 0 aromatic carbocycles. The fraction of sp³-hybridized carbons (Fsp3) is 1.00. The van der Waals surface area contributed by atoms with Gasteiger partial charge in [-0.25, -0.2) is 0 Å². The maximum atomic E-state index is 10.5. The lowest BCUT2D eigenvalue weighted by atomic mass is 10.1. The number of rotatable bonds is 3. The third kappa shape index (κ3) is 3.31. The van der Waals surface area contributed by atoms with E-state index < -0.39 is 19.5 Å². The topological polar surface area (TPSA) is 104 Å². The van der Waals surface area contributed by atoms with Gasteiger partial charge in [0.05, 0.1) is 6.10 Å². The summed E-state index contributed by atoms with van der Waals surface area (Å²) in [5, 5.41) is 9.11. The molecule has 2 atom stereocenters. The average molecular weight is 183 g/mol. The van der Waals surface area contributed by atoms with Gasteiger partial charge in [-0.2, -0.15) is 0 Å². The number of aliphatic hydroxyl groups is 1. The van der Waals surface area contributed by atoms with Crippen molar-refractivity contribution in [2.75, 3.05) is 0 Å². The van der Waals surface area contributed by atoms with Gasteiger partial charge in [-0.3, -0.25) is 4.57 Å². The van der Waals surface area contributed by atoms with Crippen molar-refractivity contribution in [2.24, 2.45) is 11.7 Å². The first-order valence-corrected chi connectivity index (χ1v) is 4.94. The first kappa shape index (κ1) is 11.1. The van der Waals surface area contributed by atoms with Gasteiger partial charge in [-0.05, 0) is 5.92 Å². The van der Waals surface area contributed by atoms with E-state index in [9.17, 15) is 4.57 Å². The fourth-order valence-corrected chi connectivity index (χ4v) is 1.34. The molecular weight excluding hydrogens is 169 g/mol. The second-order valence-electron chi connectivity index (χ2n) is 2.81. The molecule has 5 N–H and O–H groups in total. The highest BCUT2D eigenvalue weighted by Crippen LogP contribution is 2.40. The normalized spacial score (nSPS) is 18.5. The Labute approximate surface area is 65.4 Å². The lowest BCUT2D eigenvalue weighted by molar-refractivity contribution is 0.112. The van der Waals surface area contributed by atoms with Gasteiger partial charge in [-0.15, -0.1) is 0 Å². The predicted molar refractivity (Wildman–Crippen MR) is 40.9 cm³/mol. The van der Waals surface area contributed by atoms with Crippen molar-refractivity contribution < 1.29 is 19.5 Å². The molecule has 0 saturated carbocycles. The van der Waals surface area contributed by atoms with Crippen LogP contribution in [0.15, 0.2) is 0 Å². The Morgan fingerprint density at radius 1 is 1.36 bits per heavy atom. The SMILES string of the molecule is CC(C)C(O)C(N)P(=O)(O)O. The Morgan fingerprint density at radius 2 is 1.73 bits per heavy atom. The summed E-state index contributed by atoms with van der Waals surface area (Å²) in [6.45, 7) is 3.28. The zero-order valence-electron chi connectivity index (χ0n) is 6.51. The molecule has 0 heterocycles. The predicted octanol–water partition coefficient (Wildman–Crippen LogP) is -0.534. The number of hydrogen-bond acceptors (Lipinski definition) is 3. The molecule has 0 saturated heterocycles. The highest BCUT2D eigenvalue weighted by Gasteiger charge is 2.33. The Hall–Kier alpha value is 0.0700. The van der Waals surface area contributed by atoms with Gasteiger partial charge >= 0.3 is 7.60 Å². The van der Waals surface area contributed by atoms with Crippen LogP contribution in [0.5, 0.6) is 0 Å². The molecular formula is C5H14NO4P. The van der Waals surface area contributed by atoms with E-state index in [1.54, 1.807) is 13.8 Å². The van der Waals surface area contributed by atoms with Crippen LogP contribution in [0, 0.1) is 5.92 Å². The maximum absolute atomic E-state index is 10.5. The molecule has 0 aliphatic rings. The van der Waals surface area contributed by atoms with Crippen molar-refractivity contribution in [1.29, 1.82) is 0 Å². The van der Waals surface area contributed by atoms with Crippen molar-refractivity contribution in [1.82, 2.24) is 0 Å². The Balaban J connectivity index is 4.26. The highest BCUT2D eigenvalue weighted by molar-refractivity contribution is 7.52. The zero-order chi connectivity index (χ0) is 9.23. The molecule has 11 heavy (non-hydrogen) atoms. The van der Waals surface area contributed by atoms with Gasteiger partial charge in [0.2, 0.25) is 0 Å². The molecule has 68 valence electrons. The van der Waals surface area contributed by atoms with Crippen molar-refractivity contribution >= 4 is 7.60 Å². The van der Waals surface area contributed by atoms with E-state index in [1.807, 2.05) is 0 Å². The largest absolute Gasteiger partial charge is 0.391 e. The third-order valence-corrected chi connectivity index (χ3v) is 2.50. The van der Waals surface area contributed by atoms with Crippen LogP contribution in [-0.4, -0.2) is 26.8 Å². The van der Waals surface area contributed by atoms with Gasteiger partial charge in [0.15, 0.2) is 0 Å². The summed E-state index contributed by atoms with van der Waals surface area (Å²) in [5.41, 5.74) is 5.08. The molecule has 0 radical (unpaired) electrons. The van der Waals surface area contributed by atoms with Crippen LogP contribution in [0.4, 0.5) is 0 Å². The van der Waals surface area contributed by atoms with Gasteiger partial charge < -0.3 is 20.6 Å². The van der Waals surface area contributed by atoms with Crippen LogP contribution in [0.3, 0.4) is 0 Å². The molecule has 0 bridgehead atoms.